The lowest BCUT2D eigenvalue weighted by Gasteiger charge is -2.17. The summed E-state index contributed by atoms with van der Waals surface area (Å²) < 4.78 is 6.17. The third-order valence-electron chi connectivity index (χ3n) is 3.10. The summed E-state index contributed by atoms with van der Waals surface area (Å²) in [5.74, 6) is 0.0729. The van der Waals surface area contributed by atoms with E-state index >= 15 is 0 Å². The van der Waals surface area contributed by atoms with E-state index in [-0.39, 0.29) is 30.2 Å². The number of benzene rings is 1. The smallest absolute Gasteiger partial charge is 0.310 e. The van der Waals surface area contributed by atoms with E-state index in [1.165, 1.54) is 5.56 Å². The van der Waals surface area contributed by atoms with Gasteiger partial charge in [-0.05, 0) is 24.6 Å². The van der Waals surface area contributed by atoms with Crippen LogP contribution < -0.4 is 5.32 Å². The second kappa shape index (κ2) is 7.12. The fourth-order valence-corrected chi connectivity index (χ4v) is 2.50. The molecule has 0 amide bonds. The fraction of sp³-hybridized carbons (Fsp3) is 0.462. The van der Waals surface area contributed by atoms with E-state index in [2.05, 4.69) is 33.4 Å². The van der Waals surface area contributed by atoms with Gasteiger partial charge in [-0.15, -0.1) is 12.4 Å². The highest BCUT2D eigenvalue weighted by Gasteiger charge is 2.34. The Hall–Kier alpha value is -0.580. The molecule has 0 spiro atoms. The van der Waals surface area contributed by atoms with Gasteiger partial charge in [-0.3, -0.25) is 4.79 Å². The van der Waals surface area contributed by atoms with Crippen LogP contribution in [0.2, 0.25) is 0 Å². The Morgan fingerprint density at radius 2 is 2.06 bits per heavy atom. The third-order valence-corrected chi connectivity index (χ3v) is 3.63. The van der Waals surface area contributed by atoms with Gasteiger partial charge < -0.3 is 10.1 Å². The minimum atomic E-state index is -0.0922. The summed E-state index contributed by atoms with van der Waals surface area (Å²) in [5.41, 5.74) is 1.19. The highest BCUT2D eigenvalue weighted by atomic mass is 79.9. The van der Waals surface area contributed by atoms with Gasteiger partial charge in [0.05, 0.1) is 12.5 Å². The van der Waals surface area contributed by atoms with Crippen LogP contribution in [-0.2, 0) is 9.53 Å². The van der Waals surface area contributed by atoms with Crippen molar-refractivity contribution in [3.63, 3.8) is 0 Å². The monoisotopic (exact) mass is 333 g/mol. The molecule has 2 atom stereocenters. The zero-order valence-corrected chi connectivity index (χ0v) is 12.6. The molecular formula is C13H17BrClNO2. The van der Waals surface area contributed by atoms with Gasteiger partial charge in [-0.1, -0.05) is 28.1 Å². The summed E-state index contributed by atoms with van der Waals surface area (Å²) >= 11 is 3.42. The number of ether oxygens (including phenoxy) is 1. The van der Waals surface area contributed by atoms with Gasteiger partial charge in [-0.2, -0.15) is 0 Å². The third kappa shape index (κ3) is 3.46. The average molecular weight is 335 g/mol. The number of halogens is 2. The van der Waals surface area contributed by atoms with E-state index in [1.807, 2.05) is 19.1 Å². The molecule has 1 aromatic carbocycles. The van der Waals surface area contributed by atoms with Gasteiger partial charge >= 0.3 is 5.97 Å². The summed E-state index contributed by atoms with van der Waals surface area (Å²) in [7, 11) is 0. The highest BCUT2D eigenvalue weighted by molar-refractivity contribution is 9.10. The van der Waals surface area contributed by atoms with Crippen molar-refractivity contribution in [1.29, 1.82) is 0 Å². The number of hydrogen-bond donors (Lipinski definition) is 1. The molecular weight excluding hydrogens is 318 g/mol. The molecule has 1 fully saturated rings. The first-order chi connectivity index (χ1) is 8.22. The molecule has 100 valence electrons. The van der Waals surface area contributed by atoms with E-state index < -0.39 is 0 Å². The van der Waals surface area contributed by atoms with Gasteiger partial charge in [0.2, 0.25) is 0 Å². The molecule has 2 rings (SSSR count). The Kier molecular flexibility index (Phi) is 6.12. The van der Waals surface area contributed by atoms with Crippen LogP contribution in [0.1, 0.15) is 18.4 Å². The van der Waals surface area contributed by atoms with Crippen molar-refractivity contribution in [3.8, 4) is 0 Å². The van der Waals surface area contributed by atoms with Crippen molar-refractivity contribution in [2.45, 2.75) is 12.8 Å². The zero-order valence-electron chi connectivity index (χ0n) is 10.2. The number of carbonyl (C=O) groups excluding carboxylic acids is 1. The van der Waals surface area contributed by atoms with E-state index in [4.69, 9.17) is 4.74 Å². The van der Waals surface area contributed by atoms with Gasteiger partial charge in [0.25, 0.3) is 0 Å². The Morgan fingerprint density at radius 1 is 1.39 bits per heavy atom. The Bertz CT molecular complexity index is 396. The van der Waals surface area contributed by atoms with Crippen LogP contribution in [0.3, 0.4) is 0 Å². The van der Waals surface area contributed by atoms with E-state index in [9.17, 15) is 4.79 Å². The second-order valence-electron chi connectivity index (χ2n) is 4.17. The molecule has 0 saturated carbocycles. The van der Waals surface area contributed by atoms with Crippen molar-refractivity contribution in [3.05, 3.63) is 34.3 Å². The maximum absolute atomic E-state index is 11.8. The van der Waals surface area contributed by atoms with Crippen molar-refractivity contribution in [2.75, 3.05) is 19.7 Å². The first-order valence-corrected chi connectivity index (χ1v) is 6.64. The minimum Gasteiger partial charge on any atom is -0.466 e. The molecule has 0 aliphatic carbocycles. The molecule has 2 unspecified atom stereocenters. The van der Waals surface area contributed by atoms with E-state index in [1.54, 1.807) is 0 Å². The molecule has 5 heteroatoms. The molecule has 1 heterocycles. The van der Waals surface area contributed by atoms with Gasteiger partial charge in [0, 0.05) is 23.5 Å². The number of esters is 1. The summed E-state index contributed by atoms with van der Waals surface area (Å²) in [4.78, 5) is 11.8. The molecule has 0 bridgehead atoms. The molecule has 0 radical (unpaired) electrons. The zero-order chi connectivity index (χ0) is 12.3. The largest absolute Gasteiger partial charge is 0.466 e. The SMILES string of the molecule is CCOC(=O)C1CNCC1c1ccc(Br)cc1.Cl. The van der Waals surface area contributed by atoms with Crippen LogP contribution in [0.5, 0.6) is 0 Å². The normalized spacial score (nSPS) is 22.3. The van der Waals surface area contributed by atoms with Crippen LogP contribution in [0.15, 0.2) is 28.7 Å². The van der Waals surface area contributed by atoms with E-state index in [0.717, 1.165) is 11.0 Å². The predicted octanol–water partition coefficient (Wildman–Crippen LogP) is 2.74. The maximum atomic E-state index is 11.8. The summed E-state index contributed by atoms with van der Waals surface area (Å²) in [6.45, 7) is 3.84. The number of hydrogen-bond acceptors (Lipinski definition) is 3. The lowest BCUT2D eigenvalue weighted by molar-refractivity contribution is -0.147. The van der Waals surface area contributed by atoms with Crippen molar-refractivity contribution in [2.24, 2.45) is 5.92 Å². The molecule has 18 heavy (non-hydrogen) atoms. The topological polar surface area (TPSA) is 38.3 Å². The molecule has 1 saturated heterocycles. The number of rotatable bonds is 3. The van der Waals surface area contributed by atoms with Gasteiger partial charge in [-0.25, -0.2) is 0 Å². The molecule has 1 aliphatic heterocycles. The first kappa shape index (κ1) is 15.5. The second-order valence-corrected chi connectivity index (χ2v) is 5.09. The minimum absolute atomic E-state index is 0. The molecule has 1 N–H and O–H groups in total. The standard InChI is InChI=1S/C13H16BrNO2.ClH/c1-2-17-13(16)12-8-15-7-11(12)9-3-5-10(14)6-4-9;/h3-6,11-12,15H,2,7-8H2,1H3;1H. The Morgan fingerprint density at radius 3 is 2.67 bits per heavy atom. The van der Waals surface area contributed by atoms with Crippen molar-refractivity contribution >= 4 is 34.3 Å². The van der Waals surface area contributed by atoms with Crippen molar-refractivity contribution < 1.29 is 9.53 Å². The van der Waals surface area contributed by atoms with Crippen LogP contribution >= 0.6 is 28.3 Å². The van der Waals surface area contributed by atoms with Gasteiger partial charge in [0.1, 0.15) is 0 Å². The highest BCUT2D eigenvalue weighted by Crippen LogP contribution is 2.29. The van der Waals surface area contributed by atoms with Crippen LogP contribution in [0, 0.1) is 5.92 Å². The lowest BCUT2D eigenvalue weighted by Crippen LogP contribution is -2.24. The molecule has 3 nitrogen and oxygen atoms in total. The predicted molar refractivity (Wildman–Crippen MR) is 77.1 cm³/mol. The summed E-state index contributed by atoms with van der Waals surface area (Å²) in [5, 5.41) is 3.26. The molecule has 1 aliphatic rings. The summed E-state index contributed by atoms with van der Waals surface area (Å²) in [6.07, 6.45) is 0. The van der Waals surface area contributed by atoms with E-state index in [0.29, 0.717) is 13.2 Å². The fourth-order valence-electron chi connectivity index (χ4n) is 2.24. The number of nitrogens with one attached hydrogen (secondary N) is 1. The molecule has 1 aromatic rings. The lowest BCUT2D eigenvalue weighted by atomic mass is 9.89. The number of carbonyl (C=O) groups is 1. The van der Waals surface area contributed by atoms with Gasteiger partial charge in [0.15, 0.2) is 0 Å². The molecule has 0 aromatic heterocycles. The summed E-state index contributed by atoms with van der Waals surface area (Å²) in [6, 6.07) is 8.15. The quantitative estimate of drug-likeness (QED) is 0.864. The maximum Gasteiger partial charge on any atom is 0.310 e. The van der Waals surface area contributed by atoms with Crippen LogP contribution in [-0.4, -0.2) is 25.7 Å². The van der Waals surface area contributed by atoms with Crippen molar-refractivity contribution in [1.82, 2.24) is 5.32 Å². The van der Waals surface area contributed by atoms with Crippen LogP contribution in [0.25, 0.3) is 0 Å². The Labute approximate surface area is 122 Å². The first-order valence-electron chi connectivity index (χ1n) is 5.85. The van der Waals surface area contributed by atoms with Crippen LogP contribution in [0.4, 0.5) is 0 Å². The average Bonchev–Trinajstić information content (AvgIpc) is 2.79. The Balaban J connectivity index is 0.00000162.